The first-order chi connectivity index (χ1) is 12.8. The molecule has 26 heavy (non-hydrogen) atoms. The lowest BCUT2D eigenvalue weighted by atomic mass is 10.0. The maximum Gasteiger partial charge on any atom is 0.220 e. The summed E-state index contributed by atoms with van der Waals surface area (Å²) in [5.41, 5.74) is 2.29. The average molecular weight is 349 g/mol. The summed E-state index contributed by atoms with van der Waals surface area (Å²) in [5.74, 6) is 0.158. The zero-order valence-corrected chi connectivity index (χ0v) is 15.2. The van der Waals surface area contributed by atoms with Crippen LogP contribution in [0.15, 0.2) is 60.8 Å². The molecule has 0 spiro atoms. The first kappa shape index (κ1) is 18.3. The maximum atomic E-state index is 12.1. The molecule has 4 nitrogen and oxygen atoms in total. The summed E-state index contributed by atoms with van der Waals surface area (Å²) in [6, 6.07) is 16.5. The first-order valence-electron chi connectivity index (χ1n) is 9.43. The van der Waals surface area contributed by atoms with Crippen molar-refractivity contribution in [3.63, 3.8) is 0 Å². The van der Waals surface area contributed by atoms with Crippen LogP contribution in [0.3, 0.4) is 0 Å². The standard InChI is InChI=1S/C22H27N3O/c26-22(12-5-4-10-19-8-2-1-3-9-19)24-20-13-16-25(17-14-20)18-21-11-6-7-15-23-21/h1-4,6-11,15,20H,5,12-14,16-18H2,(H,24,26)/b10-4-. The van der Waals surface area contributed by atoms with Crippen LogP contribution in [0.4, 0.5) is 0 Å². The van der Waals surface area contributed by atoms with E-state index in [4.69, 9.17) is 0 Å². The Labute approximate surface area is 155 Å². The molecule has 1 fully saturated rings. The molecular formula is C22H27N3O. The Hall–Kier alpha value is -2.46. The number of nitrogens with one attached hydrogen (secondary N) is 1. The quantitative estimate of drug-likeness (QED) is 0.830. The number of aromatic nitrogens is 1. The Morgan fingerprint density at radius 3 is 2.62 bits per heavy atom. The van der Waals surface area contributed by atoms with Gasteiger partial charge in [-0.25, -0.2) is 0 Å². The molecule has 1 aliphatic heterocycles. The number of hydrogen-bond acceptors (Lipinski definition) is 3. The molecule has 1 aliphatic rings. The Kier molecular flexibility index (Phi) is 6.96. The molecular weight excluding hydrogens is 322 g/mol. The zero-order valence-electron chi connectivity index (χ0n) is 15.2. The van der Waals surface area contributed by atoms with E-state index >= 15 is 0 Å². The van der Waals surface area contributed by atoms with Gasteiger partial charge in [-0.15, -0.1) is 0 Å². The molecule has 1 N–H and O–H groups in total. The average Bonchev–Trinajstić information content (AvgIpc) is 2.68. The van der Waals surface area contributed by atoms with Crippen LogP contribution in [0.2, 0.25) is 0 Å². The number of likely N-dealkylation sites (tertiary alicyclic amines) is 1. The molecule has 0 bridgehead atoms. The van der Waals surface area contributed by atoms with Crippen LogP contribution in [-0.2, 0) is 11.3 Å². The second kappa shape index (κ2) is 9.88. The SMILES string of the molecule is O=C(CC/C=C\c1ccccc1)NC1CCN(Cc2ccccn2)CC1. The molecule has 136 valence electrons. The minimum atomic E-state index is 0.158. The van der Waals surface area contributed by atoms with Crippen LogP contribution in [-0.4, -0.2) is 34.9 Å². The van der Waals surface area contributed by atoms with Gasteiger partial charge in [-0.1, -0.05) is 48.6 Å². The lowest BCUT2D eigenvalue weighted by Crippen LogP contribution is -2.44. The molecule has 0 saturated carbocycles. The van der Waals surface area contributed by atoms with Crippen molar-refractivity contribution in [1.82, 2.24) is 15.2 Å². The Morgan fingerprint density at radius 2 is 1.88 bits per heavy atom. The van der Waals surface area contributed by atoms with Crippen LogP contribution in [0, 0.1) is 0 Å². The van der Waals surface area contributed by atoms with Crippen molar-refractivity contribution in [1.29, 1.82) is 0 Å². The summed E-state index contributed by atoms with van der Waals surface area (Å²) in [7, 11) is 0. The van der Waals surface area contributed by atoms with E-state index in [0.29, 0.717) is 12.5 Å². The summed E-state index contributed by atoms with van der Waals surface area (Å²) < 4.78 is 0. The van der Waals surface area contributed by atoms with Gasteiger partial charge in [0.05, 0.1) is 5.69 Å². The van der Waals surface area contributed by atoms with Crippen LogP contribution in [0.1, 0.15) is 36.9 Å². The fourth-order valence-corrected chi connectivity index (χ4v) is 3.25. The molecule has 2 aromatic rings. The monoisotopic (exact) mass is 349 g/mol. The van der Waals surface area contributed by atoms with Crippen molar-refractivity contribution in [2.45, 2.75) is 38.3 Å². The third-order valence-electron chi connectivity index (χ3n) is 4.71. The highest BCUT2D eigenvalue weighted by Crippen LogP contribution is 2.13. The number of hydrogen-bond donors (Lipinski definition) is 1. The van der Waals surface area contributed by atoms with Gasteiger partial charge in [-0.05, 0) is 37.0 Å². The Morgan fingerprint density at radius 1 is 1.12 bits per heavy atom. The number of rotatable bonds is 7. The predicted octanol–water partition coefficient (Wildman–Crippen LogP) is 3.66. The fourth-order valence-electron chi connectivity index (χ4n) is 3.25. The number of carbonyl (C=O) groups excluding carboxylic acids is 1. The number of pyridine rings is 1. The first-order valence-corrected chi connectivity index (χ1v) is 9.43. The number of amides is 1. The Bertz CT molecular complexity index is 692. The topological polar surface area (TPSA) is 45.2 Å². The van der Waals surface area contributed by atoms with Gasteiger partial charge in [0, 0.05) is 38.3 Å². The Balaban J connectivity index is 1.32. The molecule has 0 radical (unpaired) electrons. The highest BCUT2D eigenvalue weighted by molar-refractivity contribution is 5.76. The number of allylic oxidation sites excluding steroid dienone is 1. The molecule has 2 heterocycles. The molecule has 0 atom stereocenters. The van der Waals surface area contributed by atoms with E-state index in [-0.39, 0.29) is 5.91 Å². The van der Waals surface area contributed by atoms with E-state index in [1.54, 1.807) is 0 Å². The van der Waals surface area contributed by atoms with Gasteiger partial charge in [0.1, 0.15) is 0 Å². The molecule has 4 heteroatoms. The van der Waals surface area contributed by atoms with Crippen molar-refractivity contribution >= 4 is 12.0 Å². The second-order valence-electron chi connectivity index (χ2n) is 6.79. The van der Waals surface area contributed by atoms with Crippen molar-refractivity contribution < 1.29 is 4.79 Å². The van der Waals surface area contributed by atoms with Crippen LogP contribution in [0.25, 0.3) is 6.08 Å². The lowest BCUT2D eigenvalue weighted by molar-refractivity contribution is -0.122. The molecule has 1 amide bonds. The van der Waals surface area contributed by atoms with Crippen molar-refractivity contribution in [2.75, 3.05) is 13.1 Å². The minimum Gasteiger partial charge on any atom is -0.353 e. The van der Waals surface area contributed by atoms with Gasteiger partial charge in [0.25, 0.3) is 0 Å². The van der Waals surface area contributed by atoms with Gasteiger partial charge in [0.15, 0.2) is 0 Å². The van der Waals surface area contributed by atoms with E-state index < -0.39 is 0 Å². The third-order valence-corrected chi connectivity index (χ3v) is 4.71. The van der Waals surface area contributed by atoms with E-state index in [1.807, 2.05) is 36.5 Å². The van der Waals surface area contributed by atoms with E-state index in [1.165, 1.54) is 5.56 Å². The third kappa shape index (κ3) is 6.12. The van der Waals surface area contributed by atoms with Crippen molar-refractivity contribution in [3.05, 3.63) is 72.1 Å². The molecule has 0 aliphatic carbocycles. The summed E-state index contributed by atoms with van der Waals surface area (Å²) >= 11 is 0. The number of nitrogens with zero attached hydrogens (tertiary/aromatic N) is 2. The zero-order chi connectivity index (χ0) is 18.0. The van der Waals surface area contributed by atoms with E-state index in [0.717, 1.165) is 44.6 Å². The highest BCUT2D eigenvalue weighted by Gasteiger charge is 2.20. The van der Waals surface area contributed by atoms with E-state index in [2.05, 4.69) is 45.6 Å². The molecule has 1 saturated heterocycles. The van der Waals surface area contributed by atoms with Gasteiger partial charge in [0.2, 0.25) is 5.91 Å². The van der Waals surface area contributed by atoms with Crippen molar-refractivity contribution in [3.8, 4) is 0 Å². The van der Waals surface area contributed by atoms with Crippen LogP contribution < -0.4 is 5.32 Å². The summed E-state index contributed by atoms with van der Waals surface area (Å²) in [4.78, 5) is 18.9. The number of benzene rings is 1. The second-order valence-corrected chi connectivity index (χ2v) is 6.79. The van der Waals surface area contributed by atoms with Gasteiger partial charge in [-0.2, -0.15) is 0 Å². The van der Waals surface area contributed by atoms with Gasteiger partial charge >= 0.3 is 0 Å². The molecule has 3 rings (SSSR count). The van der Waals surface area contributed by atoms with Crippen LogP contribution in [0.5, 0.6) is 0 Å². The fraction of sp³-hybridized carbons (Fsp3) is 0.364. The highest BCUT2D eigenvalue weighted by atomic mass is 16.1. The van der Waals surface area contributed by atoms with Crippen molar-refractivity contribution in [2.24, 2.45) is 0 Å². The maximum absolute atomic E-state index is 12.1. The minimum absolute atomic E-state index is 0.158. The largest absolute Gasteiger partial charge is 0.353 e. The molecule has 1 aromatic carbocycles. The molecule has 0 unspecified atom stereocenters. The smallest absolute Gasteiger partial charge is 0.220 e. The summed E-state index contributed by atoms with van der Waals surface area (Å²) in [6.45, 7) is 2.91. The molecule has 1 aromatic heterocycles. The number of piperidine rings is 1. The summed E-state index contributed by atoms with van der Waals surface area (Å²) in [5, 5.41) is 3.19. The number of carbonyl (C=O) groups is 1. The normalized spacial score (nSPS) is 16.0. The lowest BCUT2D eigenvalue weighted by Gasteiger charge is -2.32. The summed E-state index contributed by atoms with van der Waals surface area (Å²) in [6.07, 6.45) is 9.34. The van der Waals surface area contributed by atoms with Gasteiger partial charge in [-0.3, -0.25) is 14.7 Å². The van der Waals surface area contributed by atoms with Gasteiger partial charge < -0.3 is 5.32 Å². The van der Waals surface area contributed by atoms with E-state index in [9.17, 15) is 4.79 Å². The predicted molar refractivity (Wildman–Crippen MR) is 105 cm³/mol. The van der Waals surface area contributed by atoms with Crippen LogP contribution >= 0.6 is 0 Å².